The number of piperazine rings is 1. The van der Waals surface area contributed by atoms with E-state index in [0.29, 0.717) is 0 Å². The van der Waals surface area contributed by atoms with E-state index in [9.17, 15) is 0 Å². The van der Waals surface area contributed by atoms with Gasteiger partial charge in [-0.15, -0.1) is 0 Å². The topological polar surface area (TPSA) is 45.2 Å². The second-order valence-electron chi connectivity index (χ2n) is 5.08. The second-order valence-corrected chi connectivity index (χ2v) is 5.08. The van der Waals surface area contributed by atoms with Crippen LogP contribution in [0, 0.1) is 0 Å². The molecule has 1 aliphatic rings. The highest BCUT2D eigenvalue weighted by Crippen LogP contribution is 2.17. The van der Waals surface area contributed by atoms with Gasteiger partial charge in [-0.3, -0.25) is 4.90 Å². The fourth-order valence-electron chi connectivity index (χ4n) is 1.97. The zero-order valence-corrected chi connectivity index (χ0v) is 10.2. The third-order valence-electron chi connectivity index (χ3n) is 2.99. The van der Waals surface area contributed by atoms with Crippen molar-refractivity contribution in [2.45, 2.75) is 26.3 Å². The summed E-state index contributed by atoms with van der Waals surface area (Å²) in [5, 5.41) is 0. The number of nitrogens with zero attached hydrogens (tertiary/aromatic N) is 5. The van der Waals surface area contributed by atoms with Gasteiger partial charge in [0.05, 0.1) is 0 Å². The van der Waals surface area contributed by atoms with E-state index in [2.05, 4.69) is 45.5 Å². The maximum absolute atomic E-state index is 4.17. The van der Waals surface area contributed by atoms with E-state index in [0.717, 1.165) is 32.1 Å². The van der Waals surface area contributed by atoms with Crippen LogP contribution >= 0.6 is 0 Å². The Morgan fingerprint density at radius 2 is 1.56 bits per heavy atom. The van der Waals surface area contributed by atoms with E-state index in [1.165, 1.54) is 0 Å². The second kappa shape index (κ2) is 4.33. The molecule has 5 nitrogen and oxygen atoms in total. The standard InChI is InChI=1S/C11H19N5/c1-11(2,3)16-6-4-15(5-7-16)10-13-8-12-9-14-10/h8-9H,4-7H2,1-3H3. The Kier molecular flexibility index (Phi) is 3.05. The molecule has 0 atom stereocenters. The van der Waals surface area contributed by atoms with Gasteiger partial charge < -0.3 is 4.90 Å². The van der Waals surface area contributed by atoms with Crippen LogP contribution in [0.5, 0.6) is 0 Å². The minimum Gasteiger partial charge on any atom is -0.338 e. The van der Waals surface area contributed by atoms with Crippen LogP contribution in [0.15, 0.2) is 12.7 Å². The van der Waals surface area contributed by atoms with Crippen LogP contribution in [0.4, 0.5) is 5.95 Å². The largest absolute Gasteiger partial charge is 0.338 e. The molecule has 0 amide bonds. The molecule has 0 aromatic carbocycles. The summed E-state index contributed by atoms with van der Waals surface area (Å²) in [6.45, 7) is 10.9. The van der Waals surface area contributed by atoms with Gasteiger partial charge in [0.25, 0.3) is 0 Å². The molecule has 16 heavy (non-hydrogen) atoms. The van der Waals surface area contributed by atoms with Crippen LogP contribution in [0.25, 0.3) is 0 Å². The van der Waals surface area contributed by atoms with Gasteiger partial charge in [-0.25, -0.2) is 15.0 Å². The van der Waals surface area contributed by atoms with Crippen LogP contribution < -0.4 is 4.90 Å². The van der Waals surface area contributed by atoms with Gasteiger partial charge in [0.15, 0.2) is 0 Å². The van der Waals surface area contributed by atoms with Crippen molar-refractivity contribution in [3.05, 3.63) is 12.7 Å². The molecule has 0 radical (unpaired) electrons. The van der Waals surface area contributed by atoms with Crippen molar-refractivity contribution in [3.63, 3.8) is 0 Å². The van der Waals surface area contributed by atoms with Gasteiger partial charge >= 0.3 is 0 Å². The van der Waals surface area contributed by atoms with Crippen molar-refractivity contribution in [2.24, 2.45) is 0 Å². The molecule has 0 N–H and O–H groups in total. The highest BCUT2D eigenvalue weighted by molar-refractivity contribution is 5.28. The maximum Gasteiger partial charge on any atom is 0.228 e. The number of hydrogen-bond acceptors (Lipinski definition) is 5. The molecule has 0 aliphatic carbocycles. The Hall–Kier alpha value is -1.23. The monoisotopic (exact) mass is 221 g/mol. The molecular weight excluding hydrogens is 202 g/mol. The summed E-state index contributed by atoms with van der Waals surface area (Å²) in [5.41, 5.74) is 0.255. The van der Waals surface area contributed by atoms with Crippen molar-refractivity contribution in [1.82, 2.24) is 19.9 Å². The van der Waals surface area contributed by atoms with E-state index in [1.807, 2.05) is 0 Å². The Morgan fingerprint density at radius 3 is 2.06 bits per heavy atom. The fraction of sp³-hybridized carbons (Fsp3) is 0.727. The molecule has 1 aromatic heterocycles. The molecule has 1 aromatic rings. The minimum atomic E-state index is 0.255. The molecule has 2 heterocycles. The summed E-state index contributed by atoms with van der Waals surface area (Å²) in [7, 11) is 0. The molecule has 0 saturated carbocycles. The Balaban J connectivity index is 1.96. The van der Waals surface area contributed by atoms with Crippen LogP contribution in [0.3, 0.4) is 0 Å². The average molecular weight is 221 g/mol. The molecule has 1 saturated heterocycles. The van der Waals surface area contributed by atoms with Crippen molar-refractivity contribution in [3.8, 4) is 0 Å². The Bertz CT molecular complexity index is 324. The van der Waals surface area contributed by atoms with Crippen LogP contribution in [0.1, 0.15) is 20.8 Å². The summed E-state index contributed by atoms with van der Waals surface area (Å²) in [4.78, 5) is 16.9. The zero-order chi connectivity index (χ0) is 11.6. The lowest BCUT2D eigenvalue weighted by Gasteiger charge is -2.42. The lowest BCUT2D eigenvalue weighted by Crippen LogP contribution is -2.53. The van der Waals surface area contributed by atoms with Gasteiger partial charge in [0.1, 0.15) is 12.7 Å². The van der Waals surface area contributed by atoms with Crippen molar-refractivity contribution in [2.75, 3.05) is 31.1 Å². The first kappa shape index (κ1) is 11.3. The number of aromatic nitrogens is 3. The van der Waals surface area contributed by atoms with Crippen LogP contribution in [-0.2, 0) is 0 Å². The van der Waals surface area contributed by atoms with Gasteiger partial charge in [-0.1, -0.05) is 0 Å². The third kappa shape index (κ3) is 2.47. The normalized spacial score (nSPS) is 18.8. The van der Waals surface area contributed by atoms with E-state index in [4.69, 9.17) is 0 Å². The molecule has 88 valence electrons. The third-order valence-corrected chi connectivity index (χ3v) is 2.99. The molecular formula is C11H19N5. The van der Waals surface area contributed by atoms with Gasteiger partial charge in [0.2, 0.25) is 5.95 Å². The summed E-state index contributed by atoms with van der Waals surface area (Å²) >= 11 is 0. The first-order valence-corrected chi connectivity index (χ1v) is 5.69. The molecule has 0 bridgehead atoms. The Morgan fingerprint density at radius 1 is 1.00 bits per heavy atom. The molecule has 1 fully saturated rings. The van der Waals surface area contributed by atoms with Crippen LogP contribution in [-0.4, -0.2) is 51.6 Å². The predicted molar refractivity (Wildman–Crippen MR) is 63.4 cm³/mol. The average Bonchev–Trinajstić information content (AvgIpc) is 2.29. The lowest BCUT2D eigenvalue weighted by atomic mass is 10.1. The Labute approximate surface area is 96.5 Å². The van der Waals surface area contributed by atoms with E-state index < -0.39 is 0 Å². The van der Waals surface area contributed by atoms with E-state index in [-0.39, 0.29) is 5.54 Å². The lowest BCUT2D eigenvalue weighted by molar-refractivity contribution is 0.128. The van der Waals surface area contributed by atoms with Crippen LogP contribution in [0.2, 0.25) is 0 Å². The summed E-state index contributed by atoms with van der Waals surface area (Å²) in [6, 6.07) is 0. The molecule has 2 rings (SSSR count). The van der Waals surface area contributed by atoms with Crippen molar-refractivity contribution in [1.29, 1.82) is 0 Å². The number of anilines is 1. The fourth-order valence-corrected chi connectivity index (χ4v) is 1.97. The summed E-state index contributed by atoms with van der Waals surface area (Å²) < 4.78 is 0. The van der Waals surface area contributed by atoms with Gasteiger partial charge in [-0.05, 0) is 20.8 Å². The number of rotatable bonds is 1. The van der Waals surface area contributed by atoms with Gasteiger partial charge in [0, 0.05) is 31.7 Å². The number of hydrogen-bond donors (Lipinski definition) is 0. The predicted octanol–water partition coefficient (Wildman–Crippen LogP) is 0.792. The van der Waals surface area contributed by atoms with Crippen molar-refractivity contribution < 1.29 is 0 Å². The zero-order valence-electron chi connectivity index (χ0n) is 10.2. The van der Waals surface area contributed by atoms with Crippen molar-refractivity contribution >= 4 is 5.95 Å². The van der Waals surface area contributed by atoms with E-state index in [1.54, 1.807) is 12.7 Å². The smallest absolute Gasteiger partial charge is 0.228 e. The molecule has 1 aliphatic heterocycles. The highest BCUT2D eigenvalue weighted by atomic mass is 15.3. The highest BCUT2D eigenvalue weighted by Gasteiger charge is 2.26. The molecule has 0 spiro atoms. The molecule has 5 heteroatoms. The molecule has 0 unspecified atom stereocenters. The quantitative estimate of drug-likeness (QED) is 0.701. The van der Waals surface area contributed by atoms with E-state index >= 15 is 0 Å². The summed E-state index contributed by atoms with van der Waals surface area (Å²) in [5.74, 6) is 0.795. The maximum atomic E-state index is 4.17. The summed E-state index contributed by atoms with van der Waals surface area (Å²) in [6.07, 6.45) is 3.11. The minimum absolute atomic E-state index is 0.255. The first-order valence-electron chi connectivity index (χ1n) is 5.69. The van der Waals surface area contributed by atoms with Gasteiger partial charge in [-0.2, -0.15) is 0 Å². The SMILES string of the molecule is CC(C)(C)N1CCN(c2ncncn2)CC1. The first-order chi connectivity index (χ1) is 7.57.